The molecule has 0 radical (unpaired) electrons. The number of carbonyl (C=O) groups excluding carboxylic acids is 1. The van der Waals surface area contributed by atoms with Crippen molar-refractivity contribution in [3.05, 3.63) is 10.1 Å². The number of nitro groups is 1. The highest BCUT2D eigenvalue weighted by molar-refractivity contribution is 5.75. The number of carbonyl (C=O) groups is 2. The van der Waals surface area contributed by atoms with Gasteiger partial charge in [0.05, 0.1) is 12.3 Å². The van der Waals surface area contributed by atoms with Crippen LogP contribution in [-0.4, -0.2) is 34.6 Å². The zero-order valence-electron chi connectivity index (χ0n) is 8.37. The van der Waals surface area contributed by atoms with Gasteiger partial charge in [-0.15, -0.1) is 0 Å². The summed E-state index contributed by atoms with van der Waals surface area (Å²) in [4.78, 5) is 31.9. The molecule has 4 atom stereocenters. The topological polar surface area (TPSA) is 107 Å². The zero-order valence-corrected chi connectivity index (χ0v) is 8.37. The number of fused-ring (bicyclic) bond motifs is 1. The van der Waals surface area contributed by atoms with Gasteiger partial charge in [0, 0.05) is 16.8 Å². The van der Waals surface area contributed by atoms with E-state index >= 15 is 0 Å². The molecule has 0 aromatic heterocycles. The number of ether oxygens (including phenoxy) is 1. The first-order valence-corrected chi connectivity index (χ1v) is 5.03. The molecule has 1 aliphatic heterocycles. The molecular formula is C9H11NO6. The van der Waals surface area contributed by atoms with Gasteiger partial charge in [0.2, 0.25) is 6.54 Å². The van der Waals surface area contributed by atoms with E-state index in [1.807, 2.05) is 0 Å². The number of hydrogen-bond acceptors (Lipinski definition) is 5. The largest absolute Gasteiger partial charge is 0.481 e. The van der Waals surface area contributed by atoms with Crippen LogP contribution in [0.15, 0.2) is 0 Å². The van der Waals surface area contributed by atoms with Crippen molar-refractivity contribution < 1.29 is 24.4 Å². The van der Waals surface area contributed by atoms with Gasteiger partial charge in [-0.3, -0.25) is 19.7 Å². The Bertz CT molecular complexity index is 354. The van der Waals surface area contributed by atoms with E-state index in [-0.39, 0.29) is 24.7 Å². The second-order valence-electron chi connectivity index (χ2n) is 4.26. The molecule has 1 N–H and O–H groups in total. The Morgan fingerprint density at radius 1 is 1.62 bits per heavy atom. The molecule has 0 aromatic carbocycles. The maximum absolute atomic E-state index is 11.0. The lowest BCUT2D eigenvalue weighted by atomic mass is 9.88. The Morgan fingerprint density at radius 3 is 2.88 bits per heavy atom. The van der Waals surface area contributed by atoms with Crippen LogP contribution in [0.25, 0.3) is 0 Å². The first-order valence-electron chi connectivity index (χ1n) is 5.03. The number of hydrogen-bond donors (Lipinski definition) is 1. The molecule has 1 aliphatic carbocycles. The molecule has 0 bridgehead atoms. The van der Waals surface area contributed by atoms with Gasteiger partial charge in [0.1, 0.15) is 6.10 Å². The van der Waals surface area contributed by atoms with Crippen molar-refractivity contribution in [2.24, 2.45) is 17.8 Å². The third-order valence-corrected chi connectivity index (χ3v) is 3.39. The average Bonchev–Trinajstić information content (AvgIpc) is 2.63. The maximum Gasteiger partial charge on any atom is 0.307 e. The van der Waals surface area contributed by atoms with E-state index in [1.54, 1.807) is 0 Å². The van der Waals surface area contributed by atoms with E-state index in [4.69, 9.17) is 9.84 Å². The van der Waals surface area contributed by atoms with E-state index in [0.29, 0.717) is 0 Å². The molecule has 0 unspecified atom stereocenters. The quantitative estimate of drug-likeness (QED) is 0.412. The van der Waals surface area contributed by atoms with Crippen molar-refractivity contribution in [1.82, 2.24) is 0 Å². The monoisotopic (exact) mass is 229 g/mol. The molecule has 2 aliphatic rings. The lowest BCUT2D eigenvalue weighted by molar-refractivity contribution is -0.490. The van der Waals surface area contributed by atoms with Gasteiger partial charge in [-0.1, -0.05) is 0 Å². The van der Waals surface area contributed by atoms with Crippen LogP contribution in [0.2, 0.25) is 0 Å². The van der Waals surface area contributed by atoms with Crippen molar-refractivity contribution in [1.29, 1.82) is 0 Å². The number of esters is 1. The van der Waals surface area contributed by atoms with Gasteiger partial charge in [-0.25, -0.2) is 0 Å². The van der Waals surface area contributed by atoms with Crippen LogP contribution in [0.1, 0.15) is 12.8 Å². The fourth-order valence-electron chi connectivity index (χ4n) is 2.72. The molecule has 0 aromatic rings. The third kappa shape index (κ3) is 1.72. The van der Waals surface area contributed by atoms with E-state index in [2.05, 4.69) is 0 Å². The zero-order chi connectivity index (χ0) is 11.9. The number of carboxylic acid groups (broad SMARTS) is 1. The van der Waals surface area contributed by atoms with E-state index in [1.165, 1.54) is 0 Å². The van der Waals surface area contributed by atoms with Gasteiger partial charge < -0.3 is 9.84 Å². The fourth-order valence-corrected chi connectivity index (χ4v) is 2.72. The Hall–Kier alpha value is -1.66. The Labute approximate surface area is 90.5 Å². The van der Waals surface area contributed by atoms with Crippen LogP contribution < -0.4 is 0 Å². The fraction of sp³-hybridized carbons (Fsp3) is 0.778. The second-order valence-corrected chi connectivity index (χ2v) is 4.26. The minimum Gasteiger partial charge on any atom is -0.481 e. The highest BCUT2D eigenvalue weighted by Gasteiger charge is 2.54. The lowest BCUT2D eigenvalue weighted by Gasteiger charge is -2.14. The van der Waals surface area contributed by atoms with Gasteiger partial charge in [-0.2, -0.15) is 0 Å². The molecule has 0 amide bonds. The van der Waals surface area contributed by atoms with Crippen LogP contribution in [0.3, 0.4) is 0 Å². The highest BCUT2D eigenvalue weighted by Crippen LogP contribution is 2.44. The van der Waals surface area contributed by atoms with Crippen LogP contribution in [-0.2, 0) is 14.3 Å². The average molecular weight is 229 g/mol. The standard InChI is InChI=1S/C9H11NO6/c11-8-2-4-6(3-10(14)15)5(9(12)13)1-7(4)16-8/h4-7H,1-3H2,(H,12,13)/t4-,5-,6-,7+/m1/s1. The smallest absolute Gasteiger partial charge is 0.307 e. The SMILES string of the molecule is O=C1C[C@@H]2[C@@H](C[N+](=O)[O-])[C@H](C(=O)O)C[C@@H]2O1. The third-order valence-electron chi connectivity index (χ3n) is 3.39. The number of rotatable bonds is 3. The van der Waals surface area contributed by atoms with E-state index in [9.17, 15) is 19.7 Å². The maximum atomic E-state index is 11.0. The predicted molar refractivity (Wildman–Crippen MR) is 49.1 cm³/mol. The molecule has 2 fully saturated rings. The lowest BCUT2D eigenvalue weighted by Crippen LogP contribution is -2.29. The summed E-state index contributed by atoms with van der Waals surface area (Å²) in [5, 5.41) is 19.4. The molecule has 1 saturated carbocycles. The minimum atomic E-state index is -1.04. The first kappa shape index (κ1) is 10.8. The Balaban J connectivity index is 2.17. The van der Waals surface area contributed by atoms with Crippen LogP contribution >= 0.6 is 0 Å². The normalized spacial score (nSPS) is 36.9. The second kappa shape index (κ2) is 3.73. The van der Waals surface area contributed by atoms with Crippen LogP contribution in [0.4, 0.5) is 0 Å². The van der Waals surface area contributed by atoms with Crippen LogP contribution in [0, 0.1) is 27.9 Å². The summed E-state index contributed by atoms with van der Waals surface area (Å²) in [7, 11) is 0. The van der Waals surface area contributed by atoms with E-state index < -0.39 is 35.4 Å². The summed E-state index contributed by atoms with van der Waals surface area (Å²) in [5.74, 6) is -3.10. The van der Waals surface area contributed by atoms with Gasteiger partial charge >= 0.3 is 11.9 Å². The molecular weight excluding hydrogens is 218 g/mol. The molecule has 7 nitrogen and oxygen atoms in total. The van der Waals surface area contributed by atoms with Crippen LogP contribution in [0.5, 0.6) is 0 Å². The molecule has 1 heterocycles. The Morgan fingerprint density at radius 2 is 2.31 bits per heavy atom. The van der Waals surface area contributed by atoms with Gasteiger partial charge in [-0.05, 0) is 6.42 Å². The molecule has 1 saturated heterocycles. The van der Waals surface area contributed by atoms with Crippen molar-refractivity contribution in [3.63, 3.8) is 0 Å². The number of carboxylic acids is 1. The summed E-state index contributed by atoms with van der Waals surface area (Å²) in [6, 6.07) is 0. The molecule has 88 valence electrons. The minimum absolute atomic E-state index is 0.104. The number of nitrogens with zero attached hydrogens (tertiary/aromatic N) is 1. The highest BCUT2D eigenvalue weighted by atomic mass is 16.6. The first-order chi connectivity index (χ1) is 7.49. The summed E-state index contributed by atoms with van der Waals surface area (Å²) in [6.07, 6.45) is -0.143. The molecule has 0 spiro atoms. The van der Waals surface area contributed by atoms with Crippen molar-refractivity contribution in [3.8, 4) is 0 Å². The summed E-state index contributed by atoms with van der Waals surface area (Å²) in [5.41, 5.74) is 0. The molecule has 7 heteroatoms. The van der Waals surface area contributed by atoms with Gasteiger partial charge in [0.25, 0.3) is 0 Å². The summed E-state index contributed by atoms with van der Waals surface area (Å²) >= 11 is 0. The molecule has 16 heavy (non-hydrogen) atoms. The van der Waals surface area contributed by atoms with Gasteiger partial charge in [0.15, 0.2) is 0 Å². The van der Waals surface area contributed by atoms with Crippen molar-refractivity contribution in [2.75, 3.05) is 6.54 Å². The van der Waals surface area contributed by atoms with Crippen molar-refractivity contribution in [2.45, 2.75) is 18.9 Å². The van der Waals surface area contributed by atoms with E-state index in [0.717, 1.165) is 0 Å². The summed E-state index contributed by atoms with van der Waals surface area (Å²) < 4.78 is 4.95. The predicted octanol–water partition coefficient (Wildman–Crippen LogP) is -0.0845. The molecule has 2 rings (SSSR count). The number of aliphatic carboxylic acids is 1. The Kier molecular flexibility index (Phi) is 2.53. The van der Waals surface area contributed by atoms with Crippen molar-refractivity contribution >= 4 is 11.9 Å². The summed E-state index contributed by atoms with van der Waals surface area (Å²) in [6.45, 7) is -0.408.